The molecule has 2 aromatic carbocycles. The first-order valence-corrected chi connectivity index (χ1v) is 11.3. The topological polar surface area (TPSA) is 75.0 Å². The van der Waals surface area contributed by atoms with E-state index in [0.29, 0.717) is 18.4 Å². The molecule has 6 rings (SSSR count). The highest BCUT2D eigenvalue weighted by molar-refractivity contribution is 5.97. The molecule has 7 nitrogen and oxygen atoms in total. The summed E-state index contributed by atoms with van der Waals surface area (Å²) in [5.41, 5.74) is -0.408. The molecule has 3 aliphatic rings. The third-order valence-electron chi connectivity index (χ3n) is 6.90. The lowest BCUT2D eigenvalue weighted by atomic mass is 9.96. The fourth-order valence-corrected chi connectivity index (χ4v) is 4.99. The number of pyridine rings is 1. The Labute approximate surface area is 199 Å². The molecular weight excluding hydrogens is 456 g/mol. The average Bonchev–Trinajstić information content (AvgIpc) is 3.65. The van der Waals surface area contributed by atoms with Crippen molar-refractivity contribution in [3.63, 3.8) is 0 Å². The summed E-state index contributed by atoms with van der Waals surface area (Å²) >= 11 is 0. The minimum Gasteiger partial charge on any atom is -0.502 e. The third kappa shape index (κ3) is 3.22. The average molecular weight is 477 g/mol. The largest absolute Gasteiger partial charge is 0.502 e. The minimum atomic E-state index is -1.11. The third-order valence-corrected chi connectivity index (χ3v) is 6.90. The van der Waals surface area contributed by atoms with Crippen LogP contribution >= 0.6 is 0 Å². The molecule has 3 heterocycles. The van der Waals surface area contributed by atoms with Gasteiger partial charge in [-0.1, -0.05) is 36.4 Å². The van der Waals surface area contributed by atoms with Crippen molar-refractivity contribution < 1.29 is 23.4 Å². The van der Waals surface area contributed by atoms with Crippen LogP contribution in [0.2, 0.25) is 0 Å². The lowest BCUT2D eigenvalue weighted by Gasteiger charge is -2.46. The van der Waals surface area contributed by atoms with Crippen LogP contribution in [0.3, 0.4) is 0 Å². The van der Waals surface area contributed by atoms with Crippen molar-refractivity contribution in [3.05, 3.63) is 106 Å². The van der Waals surface area contributed by atoms with Gasteiger partial charge < -0.3 is 14.7 Å². The van der Waals surface area contributed by atoms with E-state index in [9.17, 15) is 19.1 Å². The number of fused-ring (bicyclic) bond motifs is 6. The number of aromatic hydroxyl groups is 1. The van der Waals surface area contributed by atoms with Gasteiger partial charge in [-0.05, 0) is 36.6 Å². The number of hydrogen-bond acceptors (Lipinski definition) is 5. The Kier molecular flexibility index (Phi) is 4.70. The SMILES string of the molecule is O=C1c2c(O)c(=O)ccn2N2CN1C1(/C=C/COc3c(ccc(F)c3F)C2c2ccccc2)CC1. The monoisotopic (exact) mass is 477 g/mol. The molecule has 1 atom stereocenters. The van der Waals surface area contributed by atoms with Gasteiger partial charge in [0.1, 0.15) is 19.3 Å². The van der Waals surface area contributed by atoms with Gasteiger partial charge in [0.15, 0.2) is 23.0 Å². The van der Waals surface area contributed by atoms with Crippen LogP contribution in [0.4, 0.5) is 8.78 Å². The number of hydrogen-bond donors (Lipinski definition) is 1. The zero-order chi connectivity index (χ0) is 24.3. The van der Waals surface area contributed by atoms with E-state index in [2.05, 4.69) is 0 Å². The fourth-order valence-electron chi connectivity index (χ4n) is 4.99. The molecule has 2 aliphatic heterocycles. The molecule has 1 N–H and O–H groups in total. The molecule has 178 valence electrons. The van der Waals surface area contributed by atoms with Crippen molar-refractivity contribution in [2.75, 3.05) is 18.3 Å². The van der Waals surface area contributed by atoms with Crippen molar-refractivity contribution in [2.45, 2.75) is 24.4 Å². The molecule has 2 bridgehead atoms. The molecule has 1 aromatic heterocycles. The van der Waals surface area contributed by atoms with Gasteiger partial charge in [-0.2, -0.15) is 4.39 Å². The van der Waals surface area contributed by atoms with E-state index in [1.165, 1.54) is 23.0 Å². The highest BCUT2D eigenvalue weighted by atomic mass is 19.2. The van der Waals surface area contributed by atoms with E-state index in [4.69, 9.17) is 4.74 Å². The van der Waals surface area contributed by atoms with E-state index in [1.807, 2.05) is 36.4 Å². The molecule has 1 unspecified atom stereocenters. The van der Waals surface area contributed by atoms with Crippen LogP contribution in [-0.2, 0) is 0 Å². The van der Waals surface area contributed by atoms with E-state index in [0.717, 1.165) is 11.6 Å². The number of carbonyl (C=O) groups excluding carboxylic acids is 1. The Bertz CT molecular complexity index is 1430. The maximum absolute atomic E-state index is 15.1. The van der Waals surface area contributed by atoms with Crippen LogP contribution in [0.25, 0.3) is 0 Å². The smallest absolute Gasteiger partial charge is 0.278 e. The van der Waals surface area contributed by atoms with Gasteiger partial charge in [0, 0.05) is 17.8 Å². The summed E-state index contributed by atoms with van der Waals surface area (Å²) in [6.07, 6.45) is 6.31. The zero-order valence-corrected chi connectivity index (χ0v) is 18.5. The molecule has 1 aliphatic carbocycles. The van der Waals surface area contributed by atoms with E-state index in [1.54, 1.807) is 16.0 Å². The molecule has 1 saturated carbocycles. The molecule has 1 spiro atoms. The first kappa shape index (κ1) is 21.4. The number of nitrogens with zero attached hydrogens (tertiary/aromatic N) is 3. The van der Waals surface area contributed by atoms with Crippen molar-refractivity contribution in [3.8, 4) is 11.5 Å². The Hall–Kier alpha value is -4.14. The van der Waals surface area contributed by atoms with Crippen molar-refractivity contribution >= 4 is 5.91 Å². The molecule has 9 heteroatoms. The number of carbonyl (C=O) groups is 1. The summed E-state index contributed by atoms with van der Waals surface area (Å²) in [6, 6.07) is 12.1. The normalized spacial score (nSPS) is 21.0. The second kappa shape index (κ2) is 7.69. The van der Waals surface area contributed by atoms with Gasteiger partial charge in [-0.3, -0.25) is 19.3 Å². The summed E-state index contributed by atoms with van der Waals surface area (Å²) in [5.74, 6) is -3.51. The Balaban J connectivity index is 1.67. The molecule has 0 radical (unpaired) electrons. The van der Waals surface area contributed by atoms with Gasteiger partial charge >= 0.3 is 0 Å². The predicted molar refractivity (Wildman–Crippen MR) is 123 cm³/mol. The summed E-state index contributed by atoms with van der Waals surface area (Å²) in [5, 5.41) is 12.4. The molecule has 35 heavy (non-hydrogen) atoms. The van der Waals surface area contributed by atoms with Gasteiger partial charge in [0.2, 0.25) is 11.2 Å². The molecule has 3 aromatic rings. The summed E-state index contributed by atoms with van der Waals surface area (Å²) < 4.78 is 36.6. The highest BCUT2D eigenvalue weighted by Crippen LogP contribution is 2.47. The number of amides is 1. The first-order chi connectivity index (χ1) is 16.9. The number of aromatic nitrogens is 1. The van der Waals surface area contributed by atoms with Crippen molar-refractivity contribution in [2.24, 2.45) is 0 Å². The zero-order valence-electron chi connectivity index (χ0n) is 18.5. The first-order valence-electron chi connectivity index (χ1n) is 11.3. The van der Waals surface area contributed by atoms with E-state index >= 15 is 4.39 Å². The number of ether oxygens (including phenoxy) is 1. The molecule has 1 fully saturated rings. The molecule has 0 saturated heterocycles. The van der Waals surface area contributed by atoms with Gasteiger partial charge in [-0.15, -0.1) is 0 Å². The predicted octanol–water partition coefficient (Wildman–Crippen LogP) is 3.45. The second-order valence-electron chi connectivity index (χ2n) is 8.95. The second-order valence-corrected chi connectivity index (χ2v) is 8.95. The van der Waals surface area contributed by atoms with E-state index in [-0.39, 0.29) is 24.7 Å². The van der Waals surface area contributed by atoms with Crippen LogP contribution in [0.15, 0.2) is 71.7 Å². The van der Waals surface area contributed by atoms with Crippen molar-refractivity contribution in [1.82, 2.24) is 9.58 Å². The molecular formula is C26H21F2N3O4. The molecule has 1 amide bonds. The Morgan fingerprint density at radius 3 is 2.54 bits per heavy atom. The van der Waals surface area contributed by atoms with Crippen LogP contribution in [0, 0.1) is 11.6 Å². The van der Waals surface area contributed by atoms with E-state index < -0.39 is 40.3 Å². The maximum Gasteiger partial charge on any atom is 0.278 e. The van der Waals surface area contributed by atoms with Gasteiger partial charge in [0.25, 0.3) is 5.91 Å². The van der Waals surface area contributed by atoms with Gasteiger partial charge in [0.05, 0.1) is 5.54 Å². The van der Waals surface area contributed by atoms with Crippen LogP contribution in [0.1, 0.15) is 40.5 Å². The van der Waals surface area contributed by atoms with Crippen LogP contribution < -0.4 is 15.2 Å². The Morgan fingerprint density at radius 1 is 1.03 bits per heavy atom. The highest BCUT2D eigenvalue weighted by Gasteiger charge is 2.52. The van der Waals surface area contributed by atoms with Crippen LogP contribution in [-0.4, -0.2) is 39.4 Å². The summed E-state index contributed by atoms with van der Waals surface area (Å²) in [7, 11) is 0. The number of halogens is 2. The fraction of sp³-hybridized carbons (Fsp3) is 0.231. The summed E-state index contributed by atoms with van der Waals surface area (Å²) in [6.45, 7) is 0.0607. The Morgan fingerprint density at radius 2 is 1.80 bits per heavy atom. The number of benzene rings is 2. The van der Waals surface area contributed by atoms with Gasteiger partial charge in [-0.25, -0.2) is 4.39 Å². The standard InChI is InChI=1S/C26H21F2N3O4/c27-18-8-7-17-21(16-5-2-1-3-6-16)31-15-29(25(34)22-23(33)19(32)9-13-30(22)31)26(11-12-26)10-4-14-35-24(17)20(18)28/h1-10,13,21,33H,11-12,14-15H2/b10-4+. The lowest BCUT2D eigenvalue weighted by molar-refractivity contribution is 0.0606. The maximum atomic E-state index is 15.1. The minimum absolute atomic E-state index is 0.0191. The number of rotatable bonds is 1. The van der Waals surface area contributed by atoms with Crippen molar-refractivity contribution in [1.29, 1.82) is 0 Å². The summed E-state index contributed by atoms with van der Waals surface area (Å²) in [4.78, 5) is 27.5. The quantitative estimate of drug-likeness (QED) is 0.544. The lowest BCUT2D eigenvalue weighted by Crippen LogP contribution is -2.58. The van der Waals surface area contributed by atoms with Crippen LogP contribution in [0.5, 0.6) is 11.5 Å².